The maximum atomic E-state index is 12.9. The molecular formula is C19H18FNO4. The maximum Gasteiger partial charge on any atom is 0.307 e. The van der Waals surface area contributed by atoms with Crippen LogP contribution in [0.25, 0.3) is 0 Å². The summed E-state index contributed by atoms with van der Waals surface area (Å²) in [6, 6.07) is 12.9. The molecule has 1 fully saturated rings. The van der Waals surface area contributed by atoms with Gasteiger partial charge in [-0.25, -0.2) is 4.39 Å². The molecule has 1 saturated carbocycles. The fourth-order valence-electron chi connectivity index (χ4n) is 2.74. The van der Waals surface area contributed by atoms with Crippen molar-refractivity contribution in [3.8, 4) is 11.5 Å². The smallest absolute Gasteiger partial charge is 0.307 e. The van der Waals surface area contributed by atoms with Gasteiger partial charge >= 0.3 is 5.97 Å². The Morgan fingerprint density at radius 2 is 1.56 bits per heavy atom. The number of rotatable bonds is 6. The van der Waals surface area contributed by atoms with Gasteiger partial charge in [0, 0.05) is 6.54 Å². The lowest BCUT2D eigenvalue weighted by atomic mass is 9.73. The van der Waals surface area contributed by atoms with Crippen molar-refractivity contribution in [1.29, 1.82) is 0 Å². The Morgan fingerprint density at radius 1 is 1.00 bits per heavy atom. The van der Waals surface area contributed by atoms with Crippen LogP contribution in [0.1, 0.15) is 18.4 Å². The van der Waals surface area contributed by atoms with Gasteiger partial charge in [0.1, 0.15) is 17.3 Å². The van der Waals surface area contributed by atoms with Gasteiger partial charge in [0.05, 0.1) is 11.8 Å². The lowest BCUT2D eigenvalue weighted by Crippen LogP contribution is -2.43. The Labute approximate surface area is 144 Å². The van der Waals surface area contributed by atoms with Gasteiger partial charge in [0.2, 0.25) is 5.91 Å². The Balaban J connectivity index is 1.51. The van der Waals surface area contributed by atoms with Crippen molar-refractivity contribution in [2.24, 2.45) is 11.8 Å². The van der Waals surface area contributed by atoms with Gasteiger partial charge in [-0.15, -0.1) is 0 Å². The minimum atomic E-state index is -0.909. The molecule has 2 aromatic carbocycles. The maximum absolute atomic E-state index is 12.9. The van der Waals surface area contributed by atoms with Gasteiger partial charge in [-0.3, -0.25) is 9.59 Å². The van der Waals surface area contributed by atoms with E-state index in [1.165, 1.54) is 12.1 Å². The number of carbonyl (C=O) groups is 2. The zero-order chi connectivity index (χ0) is 17.8. The molecule has 0 bridgehead atoms. The number of carboxylic acid groups (broad SMARTS) is 1. The van der Waals surface area contributed by atoms with Crippen molar-refractivity contribution in [2.45, 2.75) is 19.4 Å². The van der Waals surface area contributed by atoms with E-state index in [4.69, 9.17) is 9.84 Å². The van der Waals surface area contributed by atoms with E-state index in [1.807, 2.05) is 12.1 Å². The Kier molecular flexibility index (Phi) is 4.97. The molecule has 2 atom stereocenters. The van der Waals surface area contributed by atoms with E-state index in [0.29, 0.717) is 30.9 Å². The number of ether oxygens (including phenoxy) is 1. The third kappa shape index (κ3) is 4.15. The third-order valence-electron chi connectivity index (χ3n) is 4.37. The Morgan fingerprint density at radius 3 is 2.08 bits per heavy atom. The molecule has 25 heavy (non-hydrogen) atoms. The van der Waals surface area contributed by atoms with E-state index in [0.717, 1.165) is 5.56 Å². The molecule has 0 spiro atoms. The van der Waals surface area contributed by atoms with E-state index in [9.17, 15) is 14.0 Å². The van der Waals surface area contributed by atoms with Crippen LogP contribution in [0.3, 0.4) is 0 Å². The molecule has 5 nitrogen and oxygen atoms in total. The molecule has 0 saturated heterocycles. The number of hydrogen-bond donors (Lipinski definition) is 2. The topological polar surface area (TPSA) is 75.6 Å². The largest absolute Gasteiger partial charge is 0.481 e. The van der Waals surface area contributed by atoms with Gasteiger partial charge in [-0.1, -0.05) is 12.1 Å². The molecule has 1 aliphatic rings. The molecule has 3 rings (SSSR count). The van der Waals surface area contributed by atoms with Crippen LogP contribution in [0.2, 0.25) is 0 Å². The van der Waals surface area contributed by atoms with Crippen molar-refractivity contribution >= 4 is 11.9 Å². The predicted molar refractivity (Wildman–Crippen MR) is 88.6 cm³/mol. The summed E-state index contributed by atoms with van der Waals surface area (Å²) in [4.78, 5) is 23.0. The second-order valence-corrected chi connectivity index (χ2v) is 6.05. The third-order valence-corrected chi connectivity index (χ3v) is 4.37. The van der Waals surface area contributed by atoms with E-state index < -0.39 is 17.8 Å². The molecule has 0 heterocycles. The second kappa shape index (κ2) is 7.34. The van der Waals surface area contributed by atoms with Crippen LogP contribution in [0.5, 0.6) is 11.5 Å². The monoisotopic (exact) mass is 343 g/mol. The second-order valence-electron chi connectivity index (χ2n) is 6.05. The predicted octanol–water partition coefficient (Wildman–Crippen LogP) is 3.35. The molecule has 0 aliphatic heterocycles. The first kappa shape index (κ1) is 17.0. The molecular weight excluding hydrogens is 325 g/mol. The molecule has 1 aliphatic carbocycles. The number of carbonyl (C=O) groups excluding carboxylic acids is 1. The van der Waals surface area contributed by atoms with Crippen molar-refractivity contribution < 1.29 is 23.8 Å². The lowest BCUT2D eigenvalue weighted by molar-refractivity contribution is -0.152. The van der Waals surface area contributed by atoms with Crippen molar-refractivity contribution in [3.63, 3.8) is 0 Å². The molecule has 0 aromatic heterocycles. The summed E-state index contributed by atoms with van der Waals surface area (Å²) in [7, 11) is 0. The fraction of sp³-hybridized carbons (Fsp3) is 0.263. The molecule has 0 radical (unpaired) electrons. The number of hydrogen-bond acceptors (Lipinski definition) is 3. The first-order chi connectivity index (χ1) is 12.0. The average molecular weight is 343 g/mol. The van der Waals surface area contributed by atoms with E-state index in [2.05, 4.69) is 5.32 Å². The number of benzene rings is 2. The summed E-state index contributed by atoms with van der Waals surface area (Å²) >= 11 is 0. The van der Waals surface area contributed by atoms with Gasteiger partial charge in [0.25, 0.3) is 0 Å². The highest BCUT2D eigenvalue weighted by atomic mass is 19.1. The highest BCUT2D eigenvalue weighted by molar-refractivity contribution is 5.86. The molecule has 130 valence electrons. The van der Waals surface area contributed by atoms with Crippen LogP contribution in [0, 0.1) is 17.7 Å². The number of aliphatic carboxylic acids is 1. The zero-order valence-electron chi connectivity index (χ0n) is 13.4. The van der Waals surface area contributed by atoms with Crippen LogP contribution in [-0.2, 0) is 16.1 Å². The van der Waals surface area contributed by atoms with Gasteiger partial charge in [-0.05, 0) is 54.8 Å². The van der Waals surface area contributed by atoms with Crippen molar-refractivity contribution in [1.82, 2.24) is 5.32 Å². The fourth-order valence-corrected chi connectivity index (χ4v) is 2.74. The van der Waals surface area contributed by atoms with Gasteiger partial charge in [-0.2, -0.15) is 0 Å². The minimum Gasteiger partial charge on any atom is -0.481 e. The molecule has 2 unspecified atom stereocenters. The van der Waals surface area contributed by atoms with E-state index in [1.54, 1.807) is 24.3 Å². The number of carboxylic acids is 1. The van der Waals surface area contributed by atoms with Gasteiger partial charge in [0.15, 0.2) is 0 Å². The quantitative estimate of drug-likeness (QED) is 0.843. The summed E-state index contributed by atoms with van der Waals surface area (Å²) in [5, 5.41) is 11.8. The van der Waals surface area contributed by atoms with Crippen molar-refractivity contribution in [3.05, 3.63) is 59.9 Å². The SMILES string of the molecule is O=C(O)C1CCC1C(=O)NCc1ccc(Oc2ccc(F)cc2)cc1. The number of halogens is 1. The van der Waals surface area contributed by atoms with Crippen LogP contribution in [-0.4, -0.2) is 17.0 Å². The summed E-state index contributed by atoms with van der Waals surface area (Å²) in [5.41, 5.74) is 0.881. The van der Waals surface area contributed by atoms with Crippen LogP contribution >= 0.6 is 0 Å². The summed E-state index contributed by atoms with van der Waals surface area (Å²) in [6.45, 7) is 0.332. The summed E-state index contributed by atoms with van der Waals surface area (Å²) in [5.74, 6) is -1.31. The van der Waals surface area contributed by atoms with Crippen LogP contribution < -0.4 is 10.1 Å². The van der Waals surface area contributed by atoms with Crippen LogP contribution in [0.15, 0.2) is 48.5 Å². The molecule has 2 N–H and O–H groups in total. The Bertz CT molecular complexity index is 758. The highest BCUT2D eigenvalue weighted by Crippen LogP contribution is 2.34. The number of amides is 1. The summed E-state index contributed by atoms with van der Waals surface area (Å²) in [6.07, 6.45) is 1.18. The normalized spacial score (nSPS) is 18.9. The highest BCUT2D eigenvalue weighted by Gasteiger charge is 2.41. The lowest BCUT2D eigenvalue weighted by Gasteiger charge is -2.31. The Hall–Kier alpha value is -2.89. The first-order valence-electron chi connectivity index (χ1n) is 8.06. The average Bonchev–Trinajstić information content (AvgIpc) is 2.55. The minimum absolute atomic E-state index is 0.217. The first-order valence-corrected chi connectivity index (χ1v) is 8.06. The van der Waals surface area contributed by atoms with Gasteiger partial charge < -0.3 is 15.2 Å². The number of nitrogens with one attached hydrogen (secondary N) is 1. The van der Waals surface area contributed by atoms with E-state index in [-0.39, 0.29) is 11.7 Å². The molecule has 1 amide bonds. The molecule has 2 aromatic rings. The standard InChI is InChI=1S/C19H18FNO4/c20-13-3-7-15(8-4-13)25-14-5-1-12(2-6-14)11-21-18(22)16-9-10-17(16)19(23)24/h1-8,16-17H,9-11H2,(H,21,22)(H,23,24). The van der Waals surface area contributed by atoms with Crippen LogP contribution in [0.4, 0.5) is 4.39 Å². The summed E-state index contributed by atoms with van der Waals surface area (Å²) < 4.78 is 18.5. The zero-order valence-corrected chi connectivity index (χ0v) is 13.4. The molecule has 6 heteroatoms. The van der Waals surface area contributed by atoms with Crippen molar-refractivity contribution in [2.75, 3.05) is 0 Å². The van der Waals surface area contributed by atoms with E-state index >= 15 is 0 Å².